The second kappa shape index (κ2) is 6.87. The van der Waals surface area contributed by atoms with E-state index in [-0.39, 0.29) is 0 Å². The van der Waals surface area contributed by atoms with E-state index >= 15 is 0 Å². The van der Waals surface area contributed by atoms with E-state index < -0.39 is 0 Å². The summed E-state index contributed by atoms with van der Waals surface area (Å²) in [4.78, 5) is 0. The lowest BCUT2D eigenvalue weighted by Crippen LogP contribution is -2.07. The number of nitrogens with zero attached hydrogens (tertiary/aromatic N) is 2. The molecule has 0 unspecified atom stereocenters. The van der Waals surface area contributed by atoms with E-state index in [4.69, 9.17) is 34.8 Å². The Bertz CT molecular complexity index is 956. The van der Waals surface area contributed by atoms with E-state index in [1.807, 2.05) is 41.1 Å². The Hall–Kier alpha value is -1.74. The Kier molecular flexibility index (Phi) is 4.60. The molecule has 1 heterocycles. The Labute approximate surface area is 161 Å². The zero-order valence-corrected chi connectivity index (χ0v) is 15.5. The molecule has 0 N–H and O–H groups in total. The van der Waals surface area contributed by atoms with Crippen LogP contribution >= 0.6 is 34.8 Å². The van der Waals surface area contributed by atoms with Crippen LogP contribution in [-0.4, -0.2) is 9.78 Å². The van der Waals surface area contributed by atoms with Crippen molar-refractivity contribution in [1.29, 1.82) is 0 Å². The van der Waals surface area contributed by atoms with Crippen molar-refractivity contribution >= 4 is 46.5 Å². The molecule has 4 rings (SSSR count). The van der Waals surface area contributed by atoms with E-state index in [2.05, 4.69) is 17.4 Å². The molecule has 5 heteroatoms. The Morgan fingerprint density at radius 3 is 2.48 bits per heavy atom. The van der Waals surface area contributed by atoms with E-state index in [1.165, 1.54) is 5.57 Å². The summed E-state index contributed by atoms with van der Waals surface area (Å²) in [5.41, 5.74) is 5.35. The van der Waals surface area contributed by atoms with Gasteiger partial charge in [-0.25, -0.2) is 4.68 Å². The molecule has 25 heavy (non-hydrogen) atoms. The van der Waals surface area contributed by atoms with Crippen LogP contribution in [0.15, 0.2) is 42.5 Å². The number of rotatable bonds is 2. The lowest BCUT2D eigenvalue weighted by Gasteiger charge is -2.18. The molecule has 0 aliphatic heterocycles. The Morgan fingerprint density at radius 1 is 0.960 bits per heavy atom. The van der Waals surface area contributed by atoms with Gasteiger partial charge in [0, 0.05) is 15.6 Å². The van der Waals surface area contributed by atoms with Crippen molar-refractivity contribution in [1.82, 2.24) is 9.78 Å². The highest BCUT2D eigenvalue weighted by atomic mass is 35.5. The Balaban J connectivity index is 1.83. The standard InChI is InChI=1S/C20H14Cl3N2/c21-16-6-4-13(5-7-16)10-14-2-1-3-15-12-24-25(20(14)15)19-9-8-17(22)11-18(19)23/h4-11H,1-3H2/b14-10-. The van der Waals surface area contributed by atoms with Crippen molar-refractivity contribution in [2.45, 2.75) is 19.3 Å². The van der Waals surface area contributed by atoms with Gasteiger partial charge < -0.3 is 0 Å². The summed E-state index contributed by atoms with van der Waals surface area (Å²) in [6.45, 7) is 0. The number of hydrogen-bond acceptors (Lipinski definition) is 1. The van der Waals surface area contributed by atoms with Crippen LogP contribution in [0.3, 0.4) is 0 Å². The molecule has 2 aromatic carbocycles. The predicted molar refractivity (Wildman–Crippen MR) is 105 cm³/mol. The third-order valence-electron chi connectivity index (χ3n) is 4.31. The average Bonchev–Trinajstić information content (AvgIpc) is 3.02. The molecule has 1 aromatic heterocycles. The van der Waals surface area contributed by atoms with Gasteiger partial charge in [-0.2, -0.15) is 5.10 Å². The van der Waals surface area contributed by atoms with Crippen molar-refractivity contribution in [3.8, 4) is 5.69 Å². The number of halogens is 3. The third kappa shape index (κ3) is 3.35. The predicted octanol–water partition coefficient (Wildman–Crippen LogP) is 6.51. The summed E-state index contributed by atoms with van der Waals surface area (Å²) in [5.74, 6) is 0. The first kappa shape index (κ1) is 16.7. The van der Waals surface area contributed by atoms with Crippen molar-refractivity contribution in [3.05, 3.63) is 80.6 Å². The first-order valence-corrected chi connectivity index (χ1v) is 9.17. The summed E-state index contributed by atoms with van der Waals surface area (Å²) in [6.07, 6.45) is 8.38. The van der Waals surface area contributed by atoms with Gasteiger partial charge in [0.1, 0.15) is 6.20 Å². The van der Waals surface area contributed by atoms with Crippen LogP contribution in [0, 0.1) is 6.20 Å². The maximum Gasteiger partial charge on any atom is 0.117 e. The van der Waals surface area contributed by atoms with Crippen LogP contribution in [0.2, 0.25) is 15.1 Å². The van der Waals surface area contributed by atoms with Crippen LogP contribution in [0.25, 0.3) is 17.3 Å². The summed E-state index contributed by atoms with van der Waals surface area (Å²) in [6, 6.07) is 13.3. The molecule has 0 amide bonds. The monoisotopic (exact) mass is 387 g/mol. The number of allylic oxidation sites excluding steroid dienone is 1. The van der Waals surface area contributed by atoms with Crippen molar-refractivity contribution in [2.75, 3.05) is 0 Å². The highest BCUT2D eigenvalue weighted by molar-refractivity contribution is 6.35. The molecule has 2 nitrogen and oxygen atoms in total. The zero-order valence-electron chi connectivity index (χ0n) is 13.3. The molecular formula is C20H14Cl3N2. The smallest absolute Gasteiger partial charge is 0.117 e. The number of aromatic nitrogens is 2. The number of benzene rings is 2. The van der Waals surface area contributed by atoms with Crippen LogP contribution in [0.4, 0.5) is 0 Å². The highest BCUT2D eigenvalue weighted by Crippen LogP contribution is 2.35. The SMILES string of the molecule is Clc1ccc(/C=C2/CCCc3[c]nn(-c4ccc(Cl)cc4Cl)c32)cc1. The molecule has 125 valence electrons. The van der Waals surface area contributed by atoms with Crippen LogP contribution in [-0.2, 0) is 6.42 Å². The van der Waals surface area contributed by atoms with Gasteiger partial charge in [0.2, 0.25) is 0 Å². The van der Waals surface area contributed by atoms with Gasteiger partial charge >= 0.3 is 0 Å². The minimum Gasteiger partial charge on any atom is -0.231 e. The van der Waals surface area contributed by atoms with Crippen LogP contribution < -0.4 is 0 Å². The summed E-state index contributed by atoms with van der Waals surface area (Å²) in [5, 5.41) is 6.38. The molecule has 1 radical (unpaired) electrons. The molecule has 0 fully saturated rings. The van der Waals surface area contributed by atoms with Crippen LogP contribution in [0.1, 0.15) is 29.7 Å². The molecule has 0 spiro atoms. The molecule has 0 saturated heterocycles. The first-order chi connectivity index (χ1) is 12.1. The first-order valence-electron chi connectivity index (χ1n) is 8.03. The zero-order chi connectivity index (χ0) is 17.4. The van der Waals surface area contributed by atoms with Crippen molar-refractivity contribution in [3.63, 3.8) is 0 Å². The minimum atomic E-state index is 0.572. The number of hydrogen-bond donors (Lipinski definition) is 0. The topological polar surface area (TPSA) is 17.8 Å². The number of aryl methyl sites for hydroxylation is 1. The fourth-order valence-corrected chi connectivity index (χ4v) is 3.76. The second-order valence-corrected chi connectivity index (χ2v) is 7.30. The van der Waals surface area contributed by atoms with Gasteiger partial charge in [-0.05, 0) is 66.8 Å². The molecule has 0 atom stereocenters. The van der Waals surface area contributed by atoms with Gasteiger partial charge in [0.25, 0.3) is 0 Å². The molecule has 0 bridgehead atoms. The lowest BCUT2D eigenvalue weighted by molar-refractivity contribution is 0.796. The van der Waals surface area contributed by atoms with Gasteiger partial charge in [-0.3, -0.25) is 0 Å². The molecular weight excluding hydrogens is 375 g/mol. The maximum atomic E-state index is 6.40. The molecule has 1 aliphatic carbocycles. The molecule has 3 aromatic rings. The van der Waals surface area contributed by atoms with E-state index in [0.717, 1.165) is 46.8 Å². The molecule has 0 saturated carbocycles. The highest BCUT2D eigenvalue weighted by Gasteiger charge is 2.22. The van der Waals surface area contributed by atoms with Crippen molar-refractivity contribution in [2.24, 2.45) is 0 Å². The number of fused-ring (bicyclic) bond motifs is 1. The van der Waals surface area contributed by atoms with E-state index in [0.29, 0.717) is 10.0 Å². The van der Waals surface area contributed by atoms with Gasteiger partial charge in [0.15, 0.2) is 0 Å². The van der Waals surface area contributed by atoms with Crippen LogP contribution in [0.5, 0.6) is 0 Å². The largest absolute Gasteiger partial charge is 0.231 e. The fourth-order valence-electron chi connectivity index (χ4n) is 3.15. The third-order valence-corrected chi connectivity index (χ3v) is 5.10. The minimum absolute atomic E-state index is 0.572. The quantitative estimate of drug-likeness (QED) is 0.489. The van der Waals surface area contributed by atoms with E-state index in [9.17, 15) is 0 Å². The summed E-state index contributed by atoms with van der Waals surface area (Å²) >= 11 is 18.4. The average molecular weight is 389 g/mol. The second-order valence-electron chi connectivity index (χ2n) is 6.02. The normalized spacial score (nSPS) is 15.4. The van der Waals surface area contributed by atoms with E-state index in [1.54, 1.807) is 6.07 Å². The summed E-state index contributed by atoms with van der Waals surface area (Å²) < 4.78 is 1.87. The maximum absolute atomic E-state index is 6.40. The van der Waals surface area contributed by atoms with Gasteiger partial charge in [0.05, 0.1) is 16.4 Å². The fraction of sp³-hybridized carbons (Fsp3) is 0.150. The summed E-state index contributed by atoms with van der Waals surface area (Å²) in [7, 11) is 0. The Morgan fingerprint density at radius 2 is 1.72 bits per heavy atom. The van der Waals surface area contributed by atoms with Gasteiger partial charge in [-0.1, -0.05) is 46.9 Å². The molecule has 1 aliphatic rings. The lowest BCUT2D eigenvalue weighted by atomic mass is 9.91. The van der Waals surface area contributed by atoms with Crippen molar-refractivity contribution < 1.29 is 0 Å². The van der Waals surface area contributed by atoms with Gasteiger partial charge in [-0.15, -0.1) is 0 Å².